The zero-order valence-corrected chi connectivity index (χ0v) is 18.7. The molecule has 0 unspecified atom stereocenters. The number of imidazole rings is 2. The molecule has 160 valence electrons. The molecule has 0 radical (unpaired) electrons. The molecule has 0 aliphatic carbocycles. The minimum absolute atomic E-state index is 0.711. The summed E-state index contributed by atoms with van der Waals surface area (Å²) < 4.78 is 4.44. The number of nitrogens with zero attached hydrogens (tertiary/aromatic N) is 4. The summed E-state index contributed by atoms with van der Waals surface area (Å²) in [5.74, 6) is 0. The highest BCUT2D eigenvalue weighted by molar-refractivity contribution is 5.71. The van der Waals surface area contributed by atoms with E-state index in [0.717, 1.165) is 45.2 Å². The SMILES string of the molecule is Cc1ccn2c(Cc3c(-c4ccccc4)nc4cc(C)ccn34)c(-c3ccccc3)nc2c1. The Balaban J connectivity index is 1.61. The van der Waals surface area contributed by atoms with Crippen LogP contribution in [0, 0.1) is 13.8 Å². The summed E-state index contributed by atoms with van der Waals surface area (Å²) in [7, 11) is 0. The Morgan fingerprint density at radius 3 is 1.42 bits per heavy atom. The van der Waals surface area contributed by atoms with Crippen LogP contribution in [-0.4, -0.2) is 18.8 Å². The van der Waals surface area contributed by atoms with Crippen molar-refractivity contribution in [3.05, 3.63) is 120 Å². The van der Waals surface area contributed by atoms with Gasteiger partial charge in [-0.2, -0.15) is 0 Å². The molecule has 0 bridgehead atoms. The Hall–Kier alpha value is -4.18. The lowest BCUT2D eigenvalue weighted by Crippen LogP contribution is -2.01. The maximum Gasteiger partial charge on any atom is 0.137 e. The third kappa shape index (κ3) is 3.40. The van der Waals surface area contributed by atoms with Crippen LogP contribution in [0.2, 0.25) is 0 Å². The lowest BCUT2D eigenvalue weighted by Gasteiger charge is -2.09. The fourth-order valence-electron chi connectivity index (χ4n) is 4.55. The highest BCUT2D eigenvalue weighted by atomic mass is 15.0. The van der Waals surface area contributed by atoms with Crippen molar-refractivity contribution in [1.82, 2.24) is 18.8 Å². The summed E-state index contributed by atoms with van der Waals surface area (Å²) in [6, 6.07) is 29.5. The number of aromatic nitrogens is 4. The van der Waals surface area contributed by atoms with Crippen LogP contribution >= 0.6 is 0 Å². The second-order valence-corrected chi connectivity index (χ2v) is 8.59. The second-order valence-electron chi connectivity index (χ2n) is 8.59. The van der Waals surface area contributed by atoms with Crippen molar-refractivity contribution in [2.75, 3.05) is 0 Å². The van der Waals surface area contributed by atoms with Crippen LogP contribution in [0.1, 0.15) is 22.5 Å². The van der Waals surface area contributed by atoms with Crippen LogP contribution in [0.4, 0.5) is 0 Å². The fourth-order valence-corrected chi connectivity index (χ4v) is 4.55. The molecule has 6 aromatic rings. The van der Waals surface area contributed by atoms with Gasteiger partial charge in [0.1, 0.15) is 11.3 Å². The average Bonchev–Trinajstić information content (AvgIpc) is 3.38. The molecule has 6 rings (SSSR count). The van der Waals surface area contributed by atoms with E-state index in [9.17, 15) is 0 Å². The van der Waals surface area contributed by atoms with E-state index < -0.39 is 0 Å². The Labute approximate surface area is 192 Å². The molecule has 0 atom stereocenters. The van der Waals surface area contributed by atoms with Crippen molar-refractivity contribution in [2.45, 2.75) is 20.3 Å². The summed E-state index contributed by atoms with van der Waals surface area (Å²) >= 11 is 0. The van der Waals surface area contributed by atoms with Gasteiger partial charge in [-0.15, -0.1) is 0 Å². The third-order valence-electron chi connectivity index (χ3n) is 6.19. The number of rotatable bonds is 4. The zero-order chi connectivity index (χ0) is 22.4. The Bertz CT molecular complexity index is 1470. The fraction of sp³-hybridized carbons (Fsp3) is 0.103. The topological polar surface area (TPSA) is 34.6 Å². The minimum atomic E-state index is 0.711. The quantitative estimate of drug-likeness (QED) is 0.320. The van der Waals surface area contributed by atoms with Crippen molar-refractivity contribution < 1.29 is 0 Å². The number of fused-ring (bicyclic) bond motifs is 2. The number of hydrogen-bond donors (Lipinski definition) is 0. The molecule has 0 saturated carbocycles. The normalized spacial score (nSPS) is 11.5. The summed E-state index contributed by atoms with van der Waals surface area (Å²) in [4.78, 5) is 10.1. The van der Waals surface area contributed by atoms with Gasteiger partial charge in [-0.3, -0.25) is 0 Å². The van der Waals surface area contributed by atoms with Gasteiger partial charge in [0, 0.05) is 29.9 Å². The maximum atomic E-state index is 5.05. The number of aryl methyl sites for hydroxylation is 2. The first-order valence-corrected chi connectivity index (χ1v) is 11.2. The lowest BCUT2D eigenvalue weighted by molar-refractivity contribution is 0.962. The zero-order valence-electron chi connectivity index (χ0n) is 18.7. The van der Waals surface area contributed by atoms with Gasteiger partial charge in [0.15, 0.2) is 0 Å². The van der Waals surface area contributed by atoms with Gasteiger partial charge in [0.2, 0.25) is 0 Å². The Morgan fingerprint density at radius 2 is 1.00 bits per heavy atom. The van der Waals surface area contributed by atoms with Crippen LogP contribution in [0.5, 0.6) is 0 Å². The molecule has 0 spiro atoms. The van der Waals surface area contributed by atoms with E-state index in [0.29, 0.717) is 6.42 Å². The van der Waals surface area contributed by atoms with Crippen molar-refractivity contribution in [3.8, 4) is 22.5 Å². The number of pyridine rings is 2. The lowest BCUT2D eigenvalue weighted by atomic mass is 10.0. The molecule has 0 fully saturated rings. The molecule has 4 heteroatoms. The van der Waals surface area contributed by atoms with Gasteiger partial charge >= 0.3 is 0 Å². The van der Waals surface area contributed by atoms with Gasteiger partial charge < -0.3 is 8.80 Å². The molecule has 4 heterocycles. The van der Waals surface area contributed by atoms with Crippen LogP contribution in [0.25, 0.3) is 33.8 Å². The standard InChI is InChI=1S/C29H24N4/c1-20-13-15-32-24(28(30-26(32)17-20)22-9-5-3-6-10-22)19-25-29(23-11-7-4-8-12-23)31-27-18-21(2)14-16-33(25)27/h3-18H,19H2,1-2H3. The monoisotopic (exact) mass is 428 g/mol. The van der Waals surface area contributed by atoms with Gasteiger partial charge in [-0.1, -0.05) is 60.7 Å². The largest absolute Gasteiger partial charge is 0.303 e. The minimum Gasteiger partial charge on any atom is -0.303 e. The molecule has 2 aromatic carbocycles. The van der Waals surface area contributed by atoms with E-state index in [1.165, 1.54) is 11.1 Å². The van der Waals surface area contributed by atoms with Crippen LogP contribution in [-0.2, 0) is 6.42 Å². The molecular formula is C29H24N4. The predicted molar refractivity (Wildman–Crippen MR) is 134 cm³/mol. The summed E-state index contributed by atoms with van der Waals surface area (Å²) in [6.45, 7) is 4.22. The van der Waals surface area contributed by atoms with Crippen molar-refractivity contribution >= 4 is 11.3 Å². The molecule has 4 aromatic heterocycles. The van der Waals surface area contributed by atoms with Crippen LogP contribution in [0.15, 0.2) is 97.3 Å². The summed E-state index contributed by atoms with van der Waals surface area (Å²) in [5, 5.41) is 0. The van der Waals surface area contributed by atoms with E-state index in [4.69, 9.17) is 9.97 Å². The van der Waals surface area contributed by atoms with Gasteiger partial charge in [0.05, 0.1) is 22.8 Å². The number of hydrogen-bond acceptors (Lipinski definition) is 2. The molecule has 0 saturated heterocycles. The van der Waals surface area contributed by atoms with E-state index in [-0.39, 0.29) is 0 Å². The average molecular weight is 429 g/mol. The molecule has 0 amide bonds. The second kappa shape index (κ2) is 7.75. The molecule has 0 aliphatic rings. The van der Waals surface area contributed by atoms with Crippen molar-refractivity contribution in [2.24, 2.45) is 0 Å². The van der Waals surface area contributed by atoms with Crippen LogP contribution in [0.3, 0.4) is 0 Å². The van der Waals surface area contributed by atoms with E-state index >= 15 is 0 Å². The van der Waals surface area contributed by atoms with E-state index in [1.54, 1.807) is 0 Å². The predicted octanol–water partition coefficient (Wildman–Crippen LogP) is 6.52. The first-order chi connectivity index (χ1) is 16.2. The highest BCUT2D eigenvalue weighted by Gasteiger charge is 2.20. The molecule has 0 N–H and O–H groups in total. The van der Waals surface area contributed by atoms with Crippen LogP contribution < -0.4 is 0 Å². The Kier molecular flexibility index (Phi) is 4.58. The smallest absolute Gasteiger partial charge is 0.137 e. The summed E-state index contributed by atoms with van der Waals surface area (Å²) in [6.07, 6.45) is 4.98. The first-order valence-electron chi connectivity index (χ1n) is 11.2. The van der Waals surface area contributed by atoms with Gasteiger partial charge in [-0.25, -0.2) is 9.97 Å². The highest BCUT2D eigenvalue weighted by Crippen LogP contribution is 2.31. The van der Waals surface area contributed by atoms with E-state index in [2.05, 4.69) is 108 Å². The molecule has 4 nitrogen and oxygen atoms in total. The maximum absolute atomic E-state index is 5.05. The van der Waals surface area contributed by atoms with Crippen molar-refractivity contribution in [1.29, 1.82) is 0 Å². The third-order valence-corrected chi connectivity index (χ3v) is 6.19. The van der Waals surface area contributed by atoms with Crippen molar-refractivity contribution in [3.63, 3.8) is 0 Å². The summed E-state index contributed by atoms with van der Waals surface area (Å²) in [5.41, 5.74) is 10.9. The van der Waals surface area contributed by atoms with E-state index in [1.807, 2.05) is 12.1 Å². The number of benzene rings is 2. The van der Waals surface area contributed by atoms with Gasteiger partial charge in [0.25, 0.3) is 0 Å². The molecule has 33 heavy (non-hydrogen) atoms. The first kappa shape index (κ1) is 19.5. The molecular weight excluding hydrogens is 404 g/mol. The Morgan fingerprint density at radius 1 is 0.576 bits per heavy atom. The molecule has 0 aliphatic heterocycles. The van der Waals surface area contributed by atoms with Gasteiger partial charge in [-0.05, 0) is 49.2 Å².